The summed E-state index contributed by atoms with van der Waals surface area (Å²) in [5, 5.41) is 10.7. The number of aryl methyl sites for hydroxylation is 1. The van der Waals surface area contributed by atoms with E-state index in [1.165, 1.54) is 23.7 Å². The highest BCUT2D eigenvalue weighted by Crippen LogP contribution is 2.38. The van der Waals surface area contributed by atoms with E-state index in [9.17, 15) is 4.39 Å². The number of halogens is 1. The average Bonchev–Trinajstić information content (AvgIpc) is 3.36. The molecular formula is C21H19FN6OS. The van der Waals surface area contributed by atoms with Crippen molar-refractivity contribution in [1.29, 1.82) is 0 Å². The van der Waals surface area contributed by atoms with Gasteiger partial charge in [0.2, 0.25) is 0 Å². The second kappa shape index (κ2) is 7.17. The highest BCUT2D eigenvalue weighted by molar-refractivity contribution is 7.04. The molecule has 152 valence electrons. The lowest BCUT2D eigenvalue weighted by Gasteiger charge is -2.20. The van der Waals surface area contributed by atoms with Crippen LogP contribution in [-0.4, -0.2) is 24.4 Å². The molecule has 0 spiro atoms. The number of benzene rings is 1. The summed E-state index contributed by atoms with van der Waals surface area (Å²) in [5.41, 5.74) is 11.9. The van der Waals surface area contributed by atoms with Crippen LogP contribution in [0.4, 0.5) is 10.2 Å². The van der Waals surface area contributed by atoms with Crippen LogP contribution < -0.4 is 10.5 Å². The maximum absolute atomic E-state index is 14.1. The van der Waals surface area contributed by atoms with Crippen molar-refractivity contribution in [2.45, 2.75) is 32.9 Å². The largest absolute Gasteiger partial charge is 0.482 e. The van der Waals surface area contributed by atoms with Crippen molar-refractivity contribution in [2.24, 2.45) is 0 Å². The molecule has 1 atom stereocenters. The van der Waals surface area contributed by atoms with Gasteiger partial charge in [0.1, 0.15) is 11.9 Å². The highest BCUT2D eigenvalue weighted by atomic mass is 32.1. The van der Waals surface area contributed by atoms with Gasteiger partial charge >= 0.3 is 0 Å². The van der Waals surface area contributed by atoms with E-state index in [4.69, 9.17) is 10.5 Å². The second-order valence-corrected chi connectivity index (χ2v) is 7.79. The third kappa shape index (κ3) is 3.02. The van der Waals surface area contributed by atoms with Crippen LogP contribution in [0.3, 0.4) is 0 Å². The molecule has 0 fully saturated rings. The summed E-state index contributed by atoms with van der Waals surface area (Å²) in [6.07, 6.45) is 1.79. The zero-order chi connectivity index (χ0) is 20.8. The number of hydrogen-bond donors (Lipinski definition) is 1. The number of fused-ring (bicyclic) bond motifs is 7. The Morgan fingerprint density at radius 3 is 3.03 bits per heavy atom. The van der Waals surface area contributed by atoms with Gasteiger partial charge < -0.3 is 10.5 Å². The van der Waals surface area contributed by atoms with Crippen LogP contribution in [0, 0.1) is 5.82 Å². The molecule has 0 saturated heterocycles. The Morgan fingerprint density at radius 2 is 2.20 bits per heavy atom. The third-order valence-corrected chi connectivity index (χ3v) is 5.95. The molecule has 1 aromatic carbocycles. The normalized spacial score (nSPS) is 15.2. The zero-order valence-corrected chi connectivity index (χ0v) is 17.3. The Kier molecular flexibility index (Phi) is 4.47. The van der Waals surface area contributed by atoms with Gasteiger partial charge in [-0.15, -0.1) is 5.10 Å². The molecule has 4 aromatic rings. The first-order valence-electron chi connectivity index (χ1n) is 9.63. The SMILES string of the molecule is CCn1nnc2c1-c1cnc(N)c(c1)OC(C)c1cc(F)ccc1-c1nscc1C2. The van der Waals surface area contributed by atoms with Crippen molar-refractivity contribution in [3.8, 4) is 28.3 Å². The van der Waals surface area contributed by atoms with Crippen molar-refractivity contribution in [3.05, 3.63) is 58.5 Å². The van der Waals surface area contributed by atoms with Crippen LogP contribution in [0.15, 0.2) is 35.8 Å². The molecule has 0 radical (unpaired) electrons. The molecule has 9 heteroatoms. The van der Waals surface area contributed by atoms with E-state index in [1.807, 2.05) is 30.0 Å². The van der Waals surface area contributed by atoms with Crippen LogP contribution in [0.25, 0.3) is 22.5 Å². The number of nitrogens with two attached hydrogens (primary N) is 1. The van der Waals surface area contributed by atoms with Crippen LogP contribution >= 0.6 is 11.5 Å². The molecule has 1 unspecified atom stereocenters. The minimum Gasteiger partial charge on any atom is -0.482 e. The summed E-state index contributed by atoms with van der Waals surface area (Å²) in [6, 6.07) is 6.52. The molecule has 30 heavy (non-hydrogen) atoms. The van der Waals surface area contributed by atoms with E-state index in [0.29, 0.717) is 24.3 Å². The summed E-state index contributed by atoms with van der Waals surface area (Å²) in [7, 11) is 0. The lowest BCUT2D eigenvalue weighted by Crippen LogP contribution is -2.10. The smallest absolute Gasteiger partial charge is 0.166 e. The average molecular weight is 422 g/mol. The topological polar surface area (TPSA) is 91.7 Å². The molecule has 0 aliphatic carbocycles. The molecule has 7 nitrogen and oxygen atoms in total. The Bertz CT molecular complexity index is 1250. The molecule has 4 heterocycles. The summed E-state index contributed by atoms with van der Waals surface area (Å²) >= 11 is 1.36. The van der Waals surface area contributed by atoms with Gasteiger partial charge in [-0.25, -0.2) is 14.1 Å². The van der Waals surface area contributed by atoms with E-state index in [1.54, 1.807) is 12.3 Å². The van der Waals surface area contributed by atoms with Crippen LogP contribution in [0.2, 0.25) is 0 Å². The lowest BCUT2D eigenvalue weighted by atomic mass is 9.95. The van der Waals surface area contributed by atoms with Crippen LogP contribution in [-0.2, 0) is 13.0 Å². The molecule has 3 aromatic heterocycles. The number of nitrogen functional groups attached to an aromatic ring is 1. The van der Waals surface area contributed by atoms with Crippen molar-refractivity contribution in [1.82, 2.24) is 24.4 Å². The van der Waals surface area contributed by atoms with Crippen molar-refractivity contribution in [2.75, 3.05) is 5.73 Å². The molecule has 2 N–H and O–H groups in total. The van der Waals surface area contributed by atoms with E-state index >= 15 is 0 Å². The molecule has 5 rings (SSSR count). The number of rotatable bonds is 1. The second-order valence-electron chi connectivity index (χ2n) is 7.16. The quantitative estimate of drug-likeness (QED) is 0.493. The van der Waals surface area contributed by atoms with Gasteiger partial charge in [-0.05, 0) is 55.2 Å². The molecule has 1 aliphatic heterocycles. The predicted octanol–water partition coefficient (Wildman–Crippen LogP) is 4.25. The Morgan fingerprint density at radius 1 is 1.33 bits per heavy atom. The number of anilines is 1. The first kappa shape index (κ1) is 18.7. The van der Waals surface area contributed by atoms with Gasteiger partial charge in [0, 0.05) is 41.2 Å². The Hall–Kier alpha value is -3.33. The van der Waals surface area contributed by atoms with Crippen LogP contribution in [0.5, 0.6) is 5.75 Å². The van der Waals surface area contributed by atoms with Gasteiger partial charge in [0.25, 0.3) is 0 Å². The van der Waals surface area contributed by atoms with Gasteiger partial charge in [0.15, 0.2) is 11.6 Å². The van der Waals surface area contributed by atoms with Crippen molar-refractivity contribution in [3.63, 3.8) is 0 Å². The maximum atomic E-state index is 14.1. The number of pyridine rings is 1. The predicted molar refractivity (Wildman–Crippen MR) is 113 cm³/mol. The third-order valence-electron chi connectivity index (χ3n) is 5.27. The number of ether oxygens (including phenoxy) is 1. The minimum absolute atomic E-state index is 0.270. The first-order chi connectivity index (χ1) is 14.5. The van der Waals surface area contributed by atoms with Crippen molar-refractivity contribution >= 4 is 17.4 Å². The summed E-state index contributed by atoms with van der Waals surface area (Å²) < 4.78 is 26.7. The molecule has 0 saturated carbocycles. The molecule has 1 aliphatic rings. The molecule has 2 bridgehead atoms. The number of nitrogens with zero attached hydrogens (tertiary/aromatic N) is 5. The highest BCUT2D eigenvalue weighted by Gasteiger charge is 2.24. The lowest BCUT2D eigenvalue weighted by molar-refractivity contribution is 0.227. The van der Waals surface area contributed by atoms with E-state index < -0.39 is 6.10 Å². The Labute approximate surface area is 176 Å². The fourth-order valence-electron chi connectivity index (χ4n) is 3.81. The van der Waals surface area contributed by atoms with E-state index in [0.717, 1.165) is 33.8 Å². The van der Waals surface area contributed by atoms with E-state index in [2.05, 4.69) is 19.7 Å². The van der Waals surface area contributed by atoms with Gasteiger partial charge in [-0.1, -0.05) is 5.21 Å². The number of hydrogen-bond acceptors (Lipinski definition) is 7. The zero-order valence-electron chi connectivity index (χ0n) is 16.5. The summed E-state index contributed by atoms with van der Waals surface area (Å²) in [5.74, 6) is 0.372. The maximum Gasteiger partial charge on any atom is 0.166 e. The molecule has 0 amide bonds. The van der Waals surface area contributed by atoms with Crippen molar-refractivity contribution < 1.29 is 9.13 Å². The Balaban J connectivity index is 1.79. The number of aromatic nitrogens is 5. The first-order valence-corrected chi connectivity index (χ1v) is 10.5. The monoisotopic (exact) mass is 422 g/mol. The molecular weight excluding hydrogens is 403 g/mol. The standard InChI is InChI=1S/C21H19FN6OS/c1-3-28-20-12-7-18(21(23)24-9-12)29-11(2)16-8-14(22)4-5-15(16)19-13(10-30-26-19)6-17(20)25-27-28/h4-5,7-11H,3,6H2,1-2H3,(H2,23,24). The fraction of sp³-hybridized carbons (Fsp3) is 0.238. The fourth-order valence-corrected chi connectivity index (χ4v) is 4.50. The van der Waals surface area contributed by atoms with Gasteiger partial charge in [-0.3, -0.25) is 0 Å². The van der Waals surface area contributed by atoms with E-state index in [-0.39, 0.29) is 11.6 Å². The summed E-state index contributed by atoms with van der Waals surface area (Å²) in [4.78, 5) is 4.32. The minimum atomic E-state index is -0.460. The van der Waals surface area contributed by atoms with Gasteiger partial charge in [0.05, 0.1) is 17.1 Å². The van der Waals surface area contributed by atoms with Crippen LogP contribution in [0.1, 0.15) is 36.8 Å². The van der Waals surface area contributed by atoms with Gasteiger partial charge in [-0.2, -0.15) is 4.37 Å². The summed E-state index contributed by atoms with van der Waals surface area (Å²) in [6.45, 7) is 4.54.